The highest BCUT2D eigenvalue weighted by Crippen LogP contribution is 2.15. The van der Waals surface area contributed by atoms with Gasteiger partial charge in [0.1, 0.15) is 0 Å². The van der Waals surface area contributed by atoms with Gasteiger partial charge in [-0.15, -0.1) is 6.42 Å². The third kappa shape index (κ3) is 3.56. The van der Waals surface area contributed by atoms with Crippen LogP contribution in [0.1, 0.15) is 12.5 Å². The minimum Gasteiger partial charge on any atom is -0.301 e. The molecule has 0 saturated carbocycles. The molecule has 0 aliphatic carbocycles. The van der Waals surface area contributed by atoms with Gasteiger partial charge in [-0.05, 0) is 23.2 Å². The van der Waals surface area contributed by atoms with Crippen molar-refractivity contribution >= 4 is 11.6 Å². The Bertz CT molecular complexity index is 480. The van der Waals surface area contributed by atoms with Gasteiger partial charge in [-0.1, -0.05) is 23.2 Å². The van der Waals surface area contributed by atoms with Crippen molar-refractivity contribution in [2.75, 3.05) is 11.4 Å². The third-order valence-electron chi connectivity index (χ3n) is 2.19. The Hall–Kier alpha value is -2.44. The molecule has 5 heteroatoms. The summed E-state index contributed by atoms with van der Waals surface area (Å²) in [6, 6.07) is 7.16. The third-order valence-corrected chi connectivity index (χ3v) is 2.19. The number of hydrogen-bond acceptors (Lipinski definition) is 2. The van der Waals surface area contributed by atoms with Crippen LogP contribution in [-0.2, 0) is 11.3 Å². The van der Waals surface area contributed by atoms with Crippen LogP contribution in [-0.4, -0.2) is 12.5 Å². The fourth-order valence-electron chi connectivity index (χ4n) is 1.37. The number of amides is 1. The molecule has 0 saturated heterocycles. The molecule has 0 aliphatic rings. The predicted molar refractivity (Wildman–Crippen MR) is 66.2 cm³/mol. The van der Waals surface area contributed by atoms with E-state index < -0.39 is 0 Å². The van der Waals surface area contributed by atoms with Gasteiger partial charge >= 0.3 is 0 Å². The van der Waals surface area contributed by atoms with E-state index >= 15 is 0 Å². The minimum atomic E-state index is -0.106. The van der Waals surface area contributed by atoms with Gasteiger partial charge in [0, 0.05) is 17.5 Å². The van der Waals surface area contributed by atoms with E-state index in [1.807, 2.05) is 0 Å². The molecule has 0 spiro atoms. The number of carbonyl (C=O) groups is 1. The number of carbonyl (C=O) groups excluding carboxylic acids is 1. The number of nitrogens with zero attached hydrogens (tertiary/aromatic N) is 4. The zero-order chi connectivity index (χ0) is 12.7. The zero-order valence-corrected chi connectivity index (χ0v) is 9.50. The van der Waals surface area contributed by atoms with Gasteiger partial charge in [-0.25, -0.2) is 0 Å². The van der Waals surface area contributed by atoms with E-state index in [2.05, 4.69) is 15.9 Å². The molecule has 1 amide bonds. The van der Waals surface area contributed by atoms with Gasteiger partial charge in [0.05, 0.1) is 13.1 Å². The fraction of sp³-hybridized carbons (Fsp3) is 0.250. The maximum Gasteiger partial charge on any atom is 0.224 e. The summed E-state index contributed by atoms with van der Waals surface area (Å²) in [7, 11) is 0. The van der Waals surface area contributed by atoms with E-state index in [1.165, 1.54) is 11.8 Å². The maximum absolute atomic E-state index is 11.4. The Labute approximate surface area is 99.7 Å². The molecule has 1 aromatic rings. The second-order valence-electron chi connectivity index (χ2n) is 3.36. The summed E-state index contributed by atoms with van der Waals surface area (Å²) in [6.45, 7) is 2.00. The van der Waals surface area contributed by atoms with Gasteiger partial charge in [-0.2, -0.15) is 0 Å². The quantitative estimate of drug-likeness (QED) is 0.338. The summed E-state index contributed by atoms with van der Waals surface area (Å²) in [4.78, 5) is 15.5. The van der Waals surface area contributed by atoms with E-state index in [9.17, 15) is 4.79 Å². The molecule has 0 unspecified atom stereocenters. The number of terminal acetylenes is 1. The van der Waals surface area contributed by atoms with E-state index in [4.69, 9.17) is 12.0 Å². The standard InChI is InChI=1S/C12H12N4O/c1-3-8-16(10(2)17)12-6-4-11(5-7-12)9-14-15-13/h1,4-7H,8-9H2,2H3. The van der Waals surface area contributed by atoms with Crippen LogP contribution in [0.25, 0.3) is 10.4 Å². The fourth-order valence-corrected chi connectivity index (χ4v) is 1.37. The Kier molecular flexibility index (Phi) is 4.61. The summed E-state index contributed by atoms with van der Waals surface area (Å²) in [5.74, 6) is 2.33. The summed E-state index contributed by atoms with van der Waals surface area (Å²) < 4.78 is 0. The van der Waals surface area contributed by atoms with Gasteiger partial charge in [0.15, 0.2) is 0 Å². The Morgan fingerprint density at radius 2 is 2.18 bits per heavy atom. The number of azide groups is 1. The summed E-state index contributed by atoms with van der Waals surface area (Å²) in [6.07, 6.45) is 5.20. The molecule has 0 atom stereocenters. The molecular formula is C12H12N4O. The highest BCUT2D eigenvalue weighted by molar-refractivity contribution is 5.91. The van der Waals surface area contributed by atoms with Crippen LogP contribution in [0.5, 0.6) is 0 Å². The second kappa shape index (κ2) is 6.21. The van der Waals surface area contributed by atoms with Crippen LogP contribution in [0.3, 0.4) is 0 Å². The van der Waals surface area contributed by atoms with Gasteiger partial charge in [0.2, 0.25) is 5.91 Å². The van der Waals surface area contributed by atoms with Gasteiger partial charge in [-0.3, -0.25) is 4.79 Å². The van der Waals surface area contributed by atoms with Crippen molar-refractivity contribution in [2.45, 2.75) is 13.5 Å². The molecule has 5 nitrogen and oxygen atoms in total. The lowest BCUT2D eigenvalue weighted by Gasteiger charge is -2.18. The summed E-state index contributed by atoms with van der Waals surface area (Å²) >= 11 is 0. The van der Waals surface area contributed by atoms with Crippen molar-refractivity contribution < 1.29 is 4.79 Å². The maximum atomic E-state index is 11.4. The molecule has 0 radical (unpaired) electrons. The van der Waals surface area contributed by atoms with Crippen molar-refractivity contribution in [1.82, 2.24) is 0 Å². The van der Waals surface area contributed by atoms with Gasteiger partial charge < -0.3 is 4.90 Å². The molecule has 86 valence electrons. The molecule has 0 N–H and O–H groups in total. The molecule has 0 heterocycles. The predicted octanol–water partition coefficient (Wildman–Crippen LogP) is 2.48. The van der Waals surface area contributed by atoms with Crippen molar-refractivity contribution in [3.05, 3.63) is 40.3 Å². The number of anilines is 1. The number of rotatable bonds is 4. The monoisotopic (exact) mass is 228 g/mol. The lowest BCUT2D eigenvalue weighted by Crippen LogP contribution is -2.28. The normalized spacial score (nSPS) is 8.94. The van der Waals surface area contributed by atoms with Crippen LogP contribution in [0.2, 0.25) is 0 Å². The molecule has 0 bridgehead atoms. The molecule has 0 aromatic heterocycles. The minimum absolute atomic E-state index is 0.106. The molecule has 1 rings (SSSR count). The molecule has 1 aromatic carbocycles. The first-order valence-electron chi connectivity index (χ1n) is 5.00. The van der Waals surface area contributed by atoms with Crippen molar-refractivity contribution in [2.24, 2.45) is 5.11 Å². The highest BCUT2D eigenvalue weighted by Gasteiger charge is 2.09. The number of hydrogen-bond donors (Lipinski definition) is 0. The van der Waals surface area contributed by atoms with Crippen LogP contribution in [0.15, 0.2) is 29.4 Å². The Balaban J connectivity index is 2.88. The van der Waals surface area contributed by atoms with Crippen molar-refractivity contribution in [1.29, 1.82) is 0 Å². The molecule has 0 aliphatic heterocycles. The largest absolute Gasteiger partial charge is 0.301 e. The van der Waals surface area contributed by atoms with E-state index in [0.717, 1.165) is 11.3 Å². The Morgan fingerprint density at radius 1 is 1.53 bits per heavy atom. The zero-order valence-electron chi connectivity index (χ0n) is 9.50. The molecule has 17 heavy (non-hydrogen) atoms. The highest BCUT2D eigenvalue weighted by atomic mass is 16.2. The smallest absolute Gasteiger partial charge is 0.224 e. The topological polar surface area (TPSA) is 69.1 Å². The average molecular weight is 228 g/mol. The Morgan fingerprint density at radius 3 is 2.65 bits per heavy atom. The van der Waals surface area contributed by atoms with E-state index in [0.29, 0.717) is 6.54 Å². The molecular weight excluding hydrogens is 216 g/mol. The van der Waals surface area contributed by atoms with Crippen LogP contribution in [0, 0.1) is 12.3 Å². The van der Waals surface area contributed by atoms with Crippen molar-refractivity contribution in [3.63, 3.8) is 0 Å². The van der Waals surface area contributed by atoms with Gasteiger partial charge in [0.25, 0.3) is 0 Å². The van der Waals surface area contributed by atoms with Crippen LogP contribution in [0.4, 0.5) is 5.69 Å². The molecule has 0 fully saturated rings. The summed E-state index contributed by atoms with van der Waals surface area (Å²) in [5, 5.41) is 3.46. The SMILES string of the molecule is C#CCN(C(C)=O)c1ccc(CN=[N+]=[N-])cc1. The van der Waals surface area contributed by atoms with Crippen LogP contribution >= 0.6 is 0 Å². The second-order valence-corrected chi connectivity index (χ2v) is 3.36. The van der Waals surface area contributed by atoms with E-state index in [-0.39, 0.29) is 12.5 Å². The summed E-state index contributed by atoms with van der Waals surface area (Å²) in [5.41, 5.74) is 9.82. The van der Waals surface area contributed by atoms with E-state index in [1.54, 1.807) is 24.3 Å². The first-order chi connectivity index (χ1) is 8.19. The first-order valence-corrected chi connectivity index (χ1v) is 5.00. The first kappa shape index (κ1) is 12.6. The lowest BCUT2D eigenvalue weighted by atomic mass is 10.2. The van der Waals surface area contributed by atoms with Crippen molar-refractivity contribution in [3.8, 4) is 12.3 Å². The van der Waals surface area contributed by atoms with Crippen LogP contribution < -0.4 is 4.90 Å². The number of benzene rings is 1. The lowest BCUT2D eigenvalue weighted by molar-refractivity contribution is -0.116. The average Bonchev–Trinajstić information content (AvgIpc) is 2.34.